The second-order valence-electron chi connectivity index (χ2n) is 8.04. The second-order valence-corrected chi connectivity index (χ2v) is 8.04. The number of aliphatic hydroxyl groups excluding tert-OH is 1. The van der Waals surface area contributed by atoms with E-state index < -0.39 is 0 Å². The summed E-state index contributed by atoms with van der Waals surface area (Å²) in [6.07, 6.45) is 5.37. The number of ether oxygens (including phenoxy) is 1. The van der Waals surface area contributed by atoms with E-state index in [9.17, 15) is 9.90 Å². The lowest BCUT2D eigenvalue weighted by molar-refractivity contribution is -0.138. The Labute approximate surface area is 150 Å². The summed E-state index contributed by atoms with van der Waals surface area (Å²) >= 11 is 0. The minimum Gasteiger partial charge on any atom is -0.393 e. The third-order valence-electron chi connectivity index (χ3n) is 6.45. The van der Waals surface area contributed by atoms with E-state index in [0.717, 1.165) is 32.2 Å². The first-order valence-corrected chi connectivity index (χ1v) is 9.82. The molecule has 0 bridgehead atoms. The first kappa shape index (κ1) is 17.0. The van der Waals surface area contributed by atoms with Crippen LogP contribution in [0.3, 0.4) is 0 Å². The third kappa shape index (κ3) is 3.61. The van der Waals surface area contributed by atoms with E-state index in [1.165, 1.54) is 5.56 Å². The molecule has 1 aliphatic carbocycles. The summed E-state index contributed by atoms with van der Waals surface area (Å²) in [7, 11) is 0. The maximum Gasteiger partial charge on any atom is 0.223 e. The molecule has 3 unspecified atom stereocenters. The SMILES string of the molecule is O=C(CC1CC(c2ccccc2)C1)N1CCCC1C1COCCC1O. The summed E-state index contributed by atoms with van der Waals surface area (Å²) in [5.41, 5.74) is 1.41. The van der Waals surface area contributed by atoms with Gasteiger partial charge in [-0.1, -0.05) is 30.3 Å². The summed E-state index contributed by atoms with van der Waals surface area (Å²) in [4.78, 5) is 14.9. The molecular formula is C21H29NO3. The van der Waals surface area contributed by atoms with Gasteiger partial charge in [0.25, 0.3) is 0 Å². The fraction of sp³-hybridized carbons (Fsp3) is 0.667. The van der Waals surface area contributed by atoms with Crippen molar-refractivity contribution in [1.29, 1.82) is 0 Å². The van der Waals surface area contributed by atoms with Crippen molar-refractivity contribution in [2.75, 3.05) is 19.8 Å². The molecule has 0 radical (unpaired) electrons. The van der Waals surface area contributed by atoms with Gasteiger partial charge in [0, 0.05) is 31.5 Å². The Morgan fingerprint density at radius 3 is 2.76 bits per heavy atom. The van der Waals surface area contributed by atoms with Crippen LogP contribution < -0.4 is 0 Å². The summed E-state index contributed by atoms with van der Waals surface area (Å²) in [6.45, 7) is 2.08. The normalized spacial score (nSPS) is 35.4. The minimum atomic E-state index is -0.321. The van der Waals surface area contributed by atoms with Crippen LogP contribution in [0.5, 0.6) is 0 Å². The molecule has 2 aliphatic heterocycles. The maximum atomic E-state index is 12.9. The Morgan fingerprint density at radius 1 is 1.20 bits per heavy atom. The van der Waals surface area contributed by atoms with Crippen LogP contribution in [0.15, 0.2) is 30.3 Å². The Morgan fingerprint density at radius 2 is 2.00 bits per heavy atom. The average molecular weight is 343 g/mol. The molecule has 4 nitrogen and oxygen atoms in total. The van der Waals surface area contributed by atoms with Crippen molar-refractivity contribution in [3.8, 4) is 0 Å². The van der Waals surface area contributed by atoms with Gasteiger partial charge in [0.05, 0.1) is 12.7 Å². The fourth-order valence-corrected chi connectivity index (χ4v) is 4.93. The van der Waals surface area contributed by atoms with E-state index in [1.807, 2.05) is 0 Å². The molecule has 1 aromatic carbocycles. The van der Waals surface area contributed by atoms with Crippen molar-refractivity contribution in [2.45, 2.75) is 56.6 Å². The zero-order valence-corrected chi connectivity index (χ0v) is 14.8. The number of hydrogen-bond acceptors (Lipinski definition) is 3. The smallest absolute Gasteiger partial charge is 0.223 e. The molecule has 25 heavy (non-hydrogen) atoms. The number of aliphatic hydroxyl groups is 1. The van der Waals surface area contributed by atoms with Gasteiger partial charge >= 0.3 is 0 Å². The van der Waals surface area contributed by atoms with Gasteiger partial charge in [-0.25, -0.2) is 0 Å². The van der Waals surface area contributed by atoms with Crippen LogP contribution in [0, 0.1) is 11.8 Å². The topological polar surface area (TPSA) is 49.8 Å². The fourth-order valence-electron chi connectivity index (χ4n) is 4.93. The molecule has 136 valence electrons. The molecule has 4 rings (SSSR count). The number of nitrogens with zero attached hydrogens (tertiary/aromatic N) is 1. The lowest BCUT2D eigenvalue weighted by Gasteiger charge is -2.39. The number of benzene rings is 1. The molecule has 0 aromatic heterocycles. The number of rotatable bonds is 4. The predicted octanol–water partition coefficient (Wildman–Crippen LogP) is 2.96. The van der Waals surface area contributed by atoms with Crippen LogP contribution in [0.25, 0.3) is 0 Å². The highest BCUT2D eigenvalue weighted by Crippen LogP contribution is 2.44. The predicted molar refractivity (Wildman–Crippen MR) is 96.2 cm³/mol. The third-order valence-corrected chi connectivity index (χ3v) is 6.45. The van der Waals surface area contributed by atoms with Crippen molar-refractivity contribution >= 4 is 5.91 Å². The Bertz CT molecular complexity index is 584. The first-order chi connectivity index (χ1) is 12.2. The van der Waals surface area contributed by atoms with E-state index in [4.69, 9.17) is 4.74 Å². The average Bonchev–Trinajstić information content (AvgIpc) is 3.08. The molecule has 4 heteroatoms. The molecular weight excluding hydrogens is 314 g/mol. The van der Waals surface area contributed by atoms with Crippen LogP contribution in [0.2, 0.25) is 0 Å². The summed E-state index contributed by atoms with van der Waals surface area (Å²) in [5.74, 6) is 1.53. The van der Waals surface area contributed by atoms with Crippen LogP contribution in [-0.4, -0.2) is 47.8 Å². The zero-order valence-electron chi connectivity index (χ0n) is 14.8. The van der Waals surface area contributed by atoms with E-state index in [-0.39, 0.29) is 24.0 Å². The number of carbonyl (C=O) groups is 1. The Hall–Kier alpha value is -1.39. The van der Waals surface area contributed by atoms with Crippen molar-refractivity contribution in [1.82, 2.24) is 4.90 Å². The Balaban J connectivity index is 1.31. The van der Waals surface area contributed by atoms with Gasteiger partial charge in [0.2, 0.25) is 5.91 Å². The summed E-state index contributed by atoms with van der Waals surface area (Å²) < 4.78 is 5.57. The molecule has 3 aliphatic rings. The van der Waals surface area contributed by atoms with Gasteiger partial charge < -0.3 is 14.7 Å². The zero-order chi connectivity index (χ0) is 17.2. The molecule has 1 aromatic rings. The molecule has 1 N–H and O–H groups in total. The van der Waals surface area contributed by atoms with Crippen molar-refractivity contribution in [3.63, 3.8) is 0 Å². The highest BCUT2D eigenvalue weighted by molar-refractivity contribution is 5.77. The van der Waals surface area contributed by atoms with Crippen molar-refractivity contribution < 1.29 is 14.6 Å². The van der Waals surface area contributed by atoms with E-state index in [1.54, 1.807) is 0 Å². The molecule has 2 heterocycles. The summed E-state index contributed by atoms with van der Waals surface area (Å²) in [6, 6.07) is 10.8. The number of amides is 1. The number of hydrogen-bond donors (Lipinski definition) is 1. The molecule has 3 fully saturated rings. The quantitative estimate of drug-likeness (QED) is 0.914. The standard InChI is InChI=1S/C21H29NO3/c23-20-8-10-25-14-18(20)19-7-4-9-22(19)21(24)13-15-11-17(12-15)16-5-2-1-3-6-16/h1-3,5-6,15,17-20,23H,4,7-14H2. The van der Waals surface area contributed by atoms with Crippen LogP contribution in [0.1, 0.15) is 50.0 Å². The van der Waals surface area contributed by atoms with Gasteiger partial charge in [0.1, 0.15) is 0 Å². The van der Waals surface area contributed by atoms with E-state index >= 15 is 0 Å². The highest BCUT2D eigenvalue weighted by atomic mass is 16.5. The van der Waals surface area contributed by atoms with Gasteiger partial charge in [-0.15, -0.1) is 0 Å². The van der Waals surface area contributed by atoms with Crippen LogP contribution in [-0.2, 0) is 9.53 Å². The minimum absolute atomic E-state index is 0.0960. The molecule has 1 amide bonds. The van der Waals surface area contributed by atoms with E-state index in [2.05, 4.69) is 35.2 Å². The number of carbonyl (C=O) groups excluding carboxylic acids is 1. The lowest BCUT2D eigenvalue weighted by Crippen LogP contribution is -2.48. The molecule has 0 spiro atoms. The van der Waals surface area contributed by atoms with Gasteiger partial charge in [-0.2, -0.15) is 0 Å². The largest absolute Gasteiger partial charge is 0.393 e. The molecule has 3 atom stereocenters. The van der Waals surface area contributed by atoms with Crippen molar-refractivity contribution in [3.05, 3.63) is 35.9 Å². The van der Waals surface area contributed by atoms with Gasteiger partial charge in [0.15, 0.2) is 0 Å². The van der Waals surface area contributed by atoms with Crippen molar-refractivity contribution in [2.24, 2.45) is 11.8 Å². The Kier molecular flexibility index (Phi) is 5.09. The number of likely N-dealkylation sites (tertiary alicyclic amines) is 1. The summed E-state index contributed by atoms with van der Waals surface area (Å²) in [5, 5.41) is 10.3. The van der Waals surface area contributed by atoms with E-state index in [0.29, 0.717) is 37.9 Å². The maximum absolute atomic E-state index is 12.9. The second kappa shape index (κ2) is 7.46. The highest BCUT2D eigenvalue weighted by Gasteiger charge is 2.41. The first-order valence-electron chi connectivity index (χ1n) is 9.82. The molecule has 2 saturated heterocycles. The van der Waals surface area contributed by atoms with Gasteiger partial charge in [-0.05, 0) is 49.5 Å². The molecule has 1 saturated carbocycles. The van der Waals surface area contributed by atoms with Crippen LogP contribution >= 0.6 is 0 Å². The monoisotopic (exact) mass is 343 g/mol. The van der Waals surface area contributed by atoms with Crippen LogP contribution in [0.4, 0.5) is 0 Å². The van der Waals surface area contributed by atoms with Gasteiger partial charge in [-0.3, -0.25) is 4.79 Å². The lowest BCUT2D eigenvalue weighted by atomic mass is 9.70.